The maximum Gasteiger partial charge on any atom is 0.311 e. The van der Waals surface area contributed by atoms with Gasteiger partial charge in [0.1, 0.15) is 5.75 Å². The summed E-state index contributed by atoms with van der Waals surface area (Å²) in [5, 5.41) is 9.68. The van der Waals surface area contributed by atoms with Gasteiger partial charge in [-0.25, -0.2) is 0 Å². The molecule has 1 aromatic rings. The number of fused-ring (bicyclic) bond motifs is 2. The molecule has 0 radical (unpaired) electrons. The third kappa shape index (κ3) is 2.11. The van der Waals surface area contributed by atoms with Gasteiger partial charge in [-0.15, -0.1) is 0 Å². The summed E-state index contributed by atoms with van der Waals surface area (Å²) >= 11 is 0. The molecule has 0 spiro atoms. The van der Waals surface area contributed by atoms with Gasteiger partial charge in [-0.3, -0.25) is 4.79 Å². The molecule has 2 fully saturated rings. The molecule has 102 valence electrons. The first-order valence-electron chi connectivity index (χ1n) is 7.06. The third-order valence-corrected chi connectivity index (χ3v) is 4.96. The predicted octanol–water partition coefficient (Wildman–Crippen LogP) is 3.30. The lowest BCUT2D eigenvalue weighted by atomic mass is 9.76. The Morgan fingerprint density at radius 1 is 1.32 bits per heavy atom. The van der Waals surface area contributed by atoms with Crippen LogP contribution in [-0.2, 0) is 4.79 Å². The molecule has 3 nitrogen and oxygen atoms in total. The molecule has 19 heavy (non-hydrogen) atoms. The highest BCUT2D eigenvalue weighted by Crippen LogP contribution is 2.54. The van der Waals surface area contributed by atoms with Crippen molar-refractivity contribution in [3.63, 3.8) is 0 Å². The number of carboxylic acid groups (broad SMARTS) is 1. The Bertz CT molecular complexity index is 483. The number of carboxylic acids is 1. The van der Waals surface area contributed by atoms with E-state index in [-0.39, 0.29) is 5.92 Å². The lowest BCUT2D eigenvalue weighted by Crippen LogP contribution is -2.26. The van der Waals surface area contributed by atoms with E-state index in [0.29, 0.717) is 11.7 Å². The highest BCUT2D eigenvalue weighted by Gasteiger charge is 2.46. The summed E-state index contributed by atoms with van der Waals surface area (Å²) in [6, 6.07) is 7.56. The van der Waals surface area contributed by atoms with Gasteiger partial charge in [0.05, 0.1) is 13.0 Å². The van der Waals surface area contributed by atoms with Gasteiger partial charge in [-0.05, 0) is 43.1 Å². The predicted molar refractivity (Wildman–Crippen MR) is 72.3 cm³/mol. The van der Waals surface area contributed by atoms with Crippen molar-refractivity contribution < 1.29 is 14.6 Å². The summed E-state index contributed by atoms with van der Waals surface area (Å²) in [6.45, 7) is 0. The Morgan fingerprint density at radius 3 is 2.68 bits per heavy atom. The van der Waals surface area contributed by atoms with E-state index in [1.165, 1.54) is 19.3 Å². The zero-order chi connectivity index (χ0) is 13.4. The number of para-hydroxylation sites is 1. The van der Waals surface area contributed by atoms with Gasteiger partial charge in [0.15, 0.2) is 0 Å². The van der Waals surface area contributed by atoms with Gasteiger partial charge in [-0.2, -0.15) is 0 Å². The standard InChI is InChI=1S/C16H20O3/c1-19-14-5-3-2-4-12(14)15(16(17)18)13-9-10-6-7-11(13)8-10/h2-5,10-11,13,15H,6-9H2,1H3,(H,17,18). The molecule has 2 aliphatic carbocycles. The Hall–Kier alpha value is -1.51. The molecule has 0 heterocycles. The monoisotopic (exact) mass is 260 g/mol. The molecule has 2 bridgehead atoms. The summed E-state index contributed by atoms with van der Waals surface area (Å²) in [4.78, 5) is 11.8. The van der Waals surface area contributed by atoms with E-state index in [2.05, 4.69) is 0 Å². The molecule has 1 aromatic carbocycles. The van der Waals surface area contributed by atoms with Crippen LogP contribution in [0.3, 0.4) is 0 Å². The number of hydrogen-bond acceptors (Lipinski definition) is 2. The van der Waals surface area contributed by atoms with Crippen molar-refractivity contribution in [2.75, 3.05) is 7.11 Å². The SMILES string of the molecule is COc1ccccc1C(C(=O)O)C1CC2CCC1C2. The molecule has 0 aromatic heterocycles. The van der Waals surface area contributed by atoms with E-state index in [9.17, 15) is 9.90 Å². The summed E-state index contributed by atoms with van der Waals surface area (Å²) < 4.78 is 5.35. The van der Waals surface area contributed by atoms with Crippen LogP contribution in [0, 0.1) is 17.8 Å². The molecule has 3 rings (SSSR count). The van der Waals surface area contributed by atoms with Crippen LogP contribution in [0.15, 0.2) is 24.3 Å². The fourth-order valence-electron chi connectivity index (χ4n) is 4.17. The second kappa shape index (κ2) is 4.87. The summed E-state index contributed by atoms with van der Waals surface area (Å²) in [6.07, 6.45) is 4.79. The van der Waals surface area contributed by atoms with Crippen molar-refractivity contribution in [1.29, 1.82) is 0 Å². The van der Waals surface area contributed by atoms with Crippen molar-refractivity contribution in [3.05, 3.63) is 29.8 Å². The Labute approximate surface area is 113 Å². The van der Waals surface area contributed by atoms with Crippen molar-refractivity contribution in [2.24, 2.45) is 17.8 Å². The maximum atomic E-state index is 11.8. The lowest BCUT2D eigenvalue weighted by molar-refractivity contribution is -0.140. The molecule has 4 unspecified atom stereocenters. The van der Waals surface area contributed by atoms with Gasteiger partial charge in [-0.1, -0.05) is 24.6 Å². The number of hydrogen-bond donors (Lipinski definition) is 1. The van der Waals surface area contributed by atoms with Crippen LogP contribution in [0.5, 0.6) is 5.75 Å². The first-order chi connectivity index (χ1) is 9.20. The Kier molecular flexibility index (Phi) is 3.21. The van der Waals surface area contributed by atoms with Gasteiger partial charge in [0, 0.05) is 5.56 Å². The Morgan fingerprint density at radius 2 is 2.11 bits per heavy atom. The van der Waals surface area contributed by atoms with Crippen LogP contribution in [0.1, 0.15) is 37.2 Å². The number of ether oxygens (including phenoxy) is 1. The number of rotatable bonds is 4. The first kappa shape index (κ1) is 12.5. The number of benzene rings is 1. The fraction of sp³-hybridized carbons (Fsp3) is 0.562. The average molecular weight is 260 g/mol. The van der Waals surface area contributed by atoms with Crippen molar-refractivity contribution in [3.8, 4) is 5.75 Å². The maximum absolute atomic E-state index is 11.8. The third-order valence-electron chi connectivity index (χ3n) is 4.96. The molecule has 0 amide bonds. The van der Waals surface area contributed by atoms with E-state index in [0.717, 1.165) is 17.9 Å². The second-order valence-electron chi connectivity index (χ2n) is 5.90. The largest absolute Gasteiger partial charge is 0.496 e. The number of carbonyl (C=O) groups is 1. The summed E-state index contributed by atoms with van der Waals surface area (Å²) in [7, 11) is 1.61. The van der Waals surface area contributed by atoms with Crippen LogP contribution < -0.4 is 4.74 Å². The van der Waals surface area contributed by atoms with Crippen LogP contribution in [0.4, 0.5) is 0 Å². The van der Waals surface area contributed by atoms with Crippen LogP contribution in [0.25, 0.3) is 0 Å². The van der Waals surface area contributed by atoms with E-state index in [1.807, 2.05) is 24.3 Å². The summed E-state index contributed by atoms with van der Waals surface area (Å²) in [5.41, 5.74) is 0.843. The normalized spacial score (nSPS) is 30.3. The number of aliphatic carboxylic acids is 1. The molecule has 2 aliphatic rings. The zero-order valence-corrected chi connectivity index (χ0v) is 11.2. The zero-order valence-electron chi connectivity index (χ0n) is 11.2. The topological polar surface area (TPSA) is 46.5 Å². The average Bonchev–Trinajstić information content (AvgIpc) is 3.02. The van der Waals surface area contributed by atoms with Gasteiger partial charge >= 0.3 is 5.97 Å². The molecule has 0 aliphatic heterocycles. The quantitative estimate of drug-likeness (QED) is 0.903. The molecular formula is C16H20O3. The van der Waals surface area contributed by atoms with Crippen LogP contribution in [-0.4, -0.2) is 18.2 Å². The minimum Gasteiger partial charge on any atom is -0.496 e. The van der Waals surface area contributed by atoms with Gasteiger partial charge < -0.3 is 9.84 Å². The van der Waals surface area contributed by atoms with Crippen LogP contribution >= 0.6 is 0 Å². The molecular weight excluding hydrogens is 240 g/mol. The Balaban J connectivity index is 1.95. The first-order valence-corrected chi connectivity index (χ1v) is 7.06. The highest BCUT2D eigenvalue weighted by molar-refractivity contribution is 5.77. The van der Waals surface area contributed by atoms with E-state index in [4.69, 9.17) is 4.74 Å². The van der Waals surface area contributed by atoms with E-state index < -0.39 is 11.9 Å². The van der Waals surface area contributed by atoms with Crippen molar-refractivity contribution >= 4 is 5.97 Å². The highest BCUT2D eigenvalue weighted by atomic mass is 16.5. The molecule has 2 saturated carbocycles. The molecule has 4 atom stereocenters. The summed E-state index contributed by atoms with van der Waals surface area (Å²) in [5.74, 6) is 1.22. The van der Waals surface area contributed by atoms with E-state index in [1.54, 1.807) is 7.11 Å². The van der Waals surface area contributed by atoms with Crippen LogP contribution in [0.2, 0.25) is 0 Å². The van der Waals surface area contributed by atoms with Crippen molar-refractivity contribution in [1.82, 2.24) is 0 Å². The fourth-order valence-corrected chi connectivity index (χ4v) is 4.17. The smallest absolute Gasteiger partial charge is 0.311 e. The molecule has 1 N–H and O–H groups in total. The van der Waals surface area contributed by atoms with Gasteiger partial charge in [0.2, 0.25) is 0 Å². The van der Waals surface area contributed by atoms with Crippen molar-refractivity contribution in [2.45, 2.75) is 31.6 Å². The lowest BCUT2D eigenvalue weighted by Gasteiger charge is -2.28. The van der Waals surface area contributed by atoms with E-state index >= 15 is 0 Å². The molecule has 3 heteroatoms. The number of methoxy groups -OCH3 is 1. The minimum atomic E-state index is -0.706. The second-order valence-corrected chi connectivity index (χ2v) is 5.90. The molecule has 0 saturated heterocycles. The minimum absolute atomic E-state index is 0.285. The van der Waals surface area contributed by atoms with Gasteiger partial charge in [0.25, 0.3) is 0 Å².